The molecule has 0 atom stereocenters. The molecule has 0 radical (unpaired) electrons. The predicted molar refractivity (Wildman–Crippen MR) is 89.0 cm³/mol. The molecule has 0 bridgehead atoms. The Balaban J connectivity index is 1.81. The Morgan fingerprint density at radius 2 is 1.73 bits per heavy atom. The molecule has 3 rings (SSSR count). The molecule has 1 amide bonds. The molecule has 0 spiro atoms. The molecule has 0 saturated heterocycles. The molecule has 110 valence electrons. The third kappa shape index (κ3) is 3.41. The van der Waals surface area contributed by atoms with Gasteiger partial charge >= 0.3 is 0 Å². The van der Waals surface area contributed by atoms with Crippen LogP contribution < -0.4 is 10.6 Å². The molecule has 0 aliphatic carbocycles. The van der Waals surface area contributed by atoms with E-state index in [0.717, 1.165) is 29.2 Å². The van der Waals surface area contributed by atoms with Gasteiger partial charge in [0.05, 0.1) is 18.0 Å². The van der Waals surface area contributed by atoms with Crippen molar-refractivity contribution in [3.8, 4) is 0 Å². The van der Waals surface area contributed by atoms with Crippen LogP contribution in [0.4, 0.5) is 5.69 Å². The van der Waals surface area contributed by atoms with Crippen molar-refractivity contribution in [3.63, 3.8) is 0 Å². The fourth-order valence-electron chi connectivity index (χ4n) is 2.32. The minimum absolute atomic E-state index is 0.167. The summed E-state index contributed by atoms with van der Waals surface area (Å²) in [6.45, 7) is 1.45. The molecule has 2 aromatic carbocycles. The third-order valence-electron chi connectivity index (χ3n) is 3.32. The number of anilines is 1. The molecule has 0 aromatic heterocycles. The van der Waals surface area contributed by atoms with Crippen molar-refractivity contribution in [2.75, 3.05) is 18.4 Å². The number of carbonyl (C=O) groups is 1. The lowest BCUT2D eigenvalue weighted by Gasteiger charge is -2.18. The van der Waals surface area contributed by atoms with Crippen molar-refractivity contribution in [2.24, 2.45) is 4.99 Å². The number of nitrogens with one attached hydrogen (secondary N) is 2. The molecule has 1 aliphatic heterocycles. The van der Waals surface area contributed by atoms with Crippen LogP contribution >= 0.6 is 0 Å². The van der Waals surface area contributed by atoms with E-state index >= 15 is 0 Å². The van der Waals surface area contributed by atoms with Gasteiger partial charge < -0.3 is 10.6 Å². The van der Waals surface area contributed by atoms with Crippen molar-refractivity contribution >= 4 is 17.3 Å². The van der Waals surface area contributed by atoms with Crippen LogP contribution in [0, 0.1) is 0 Å². The van der Waals surface area contributed by atoms with Crippen LogP contribution in [0.25, 0.3) is 0 Å². The first-order valence-corrected chi connectivity index (χ1v) is 7.25. The van der Waals surface area contributed by atoms with Crippen molar-refractivity contribution in [2.45, 2.75) is 0 Å². The molecule has 1 aliphatic rings. The first-order chi connectivity index (χ1) is 10.8. The summed E-state index contributed by atoms with van der Waals surface area (Å²) in [4.78, 5) is 16.7. The summed E-state index contributed by atoms with van der Waals surface area (Å²) in [5.74, 6) is -0.167. The number of allylic oxidation sites excluding steroid dienone is 1. The first kappa shape index (κ1) is 14.1. The Kier molecular flexibility index (Phi) is 4.30. The zero-order valence-corrected chi connectivity index (χ0v) is 12.1. The standard InChI is InChI=1S/C18H17N3O/c22-17(21-15-9-5-2-6-10-15)13-16-18(20-12-11-19-16)14-7-3-1-4-8-14/h1-10,13,19H,11-12H2,(H,21,22)/b16-13-. The molecule has 2 N–H and O–H groups in total. The van der Waals surface area contributed by atoms with Crippen molar-refractivity contribution in [1.82, 2.24) is 5.32 Å². The maximum atomic E-state index is 12.2. The van der Waals surface area contributed by atoms with Crippen LogP contribution in [0.5, 0.6) is 0 Å². The number of amides is 1. The van der Waals surface area contributed by atoms with E-state index in [9.17, 15) is 4.79 Å². The van der Waals surface area contributed by atoms with E-state index in [1.807, 2.05) is 60.7 Å². The van der Waals surface area contributed by atoms with Crippen LogP contribution in [0.1, 0.15) is 5.56 Å². The highest BCUT2D eigenvalue weighted by Gasteiger charge is 2.14. The third-order valence-corrected chi connectivity index (χ3v) is 3.32. The van der Waals surface area contributed by atoms with Gasteiger partial charge in [-0.1, -0.05) is 48.5 Å². The Bertz CT molecular complexity index is 706. The average Bonchev–Trinajstić information content (AvgIpc) is 2.57. The Morgan fingerprint density at radius 1 is 1.05 bits per heavy atom. The molecule has 2 aromatic rings. The van der Waals surface area contributed by atoms with Crippen molar-refractivity contribution in [1.29, 1.82) is 0 Å². The summed E-state index contributed by atoms with van der Waals surface area (Å²) in [7, 11) is 0. The second kappa shape index (κ2) is 6.72. The number of hydrogen-bond acceptors (Lipinski definition) is 3. The maximum absolute atomic E-state index is 12.2. The zero-order valence-electron chi connectivity index (χ0n) is 12.1. The van der Waals surface area contributed by atoms with Gasteiger partial charge in [-0.05, 0) is 12.1 Å². The Hall–Kier alpha value is -2.88. The lowest BCUT2D eigenvalue weighted by atomic mass is 10.1. The van der Waals surface area contributed by atoms with Gasteiger partial charge in [0.15, 0.2) is 0 Å². The number of para-hydroxylation sites is 1. The minimum atomic E-state index is -0.167. The summed E-state index contributed by atoms with van der Waals surface area (Å²) in [6, 6.07) is 19.3. The summed E-state index contributed by atoms with van der Waals surface area (Å²) in [5.41, 5.74) is 3.37. The van der Waals surface area contributed by atoms with Gasteiger partial charge in [0.25, 0.3) is 5.91 Å². The van der Waals surface area contributed by atoms with Crippen LogP contribution in [0.15, 0.2) is 77.4 Å². The molecule has 4 heteroatoms. The molecule has 0 fully saturated rings. The molecule has 22 heavy (non-hydrogen) atoms. The van der Waals surface area contributed by atoms with Gasteiger partial charge in [0, 0.05) is 23.9 Å². The number of carbonyl (C=O) groups excluding carboxylic acids is 1. The summed E-state index contributed by atoms with van der Waals surface area (Å²) < 4.78 is 0. The fraction of sp³-hybridized carbons (Fsp3) is 0.111. The number of benzene rings is 2. The van der Waals surface area contributed by atoms with E-state index in [1.165, 1.54) is 0 Å². The van der Waals surface area contributed by atoms with E-state index in [0.29, 0.717) is 6.54 Å². The summed E-state index contributed by atoms with van der Waals surface area (Å²) >= 11 is 0. The van der Waals surface area contributed by atoms with Crippen LogP contribution in [0.2, 0.25) is 0 Å². The first-order valence-electron chi connectivity index (χ1n) is 7.25. The highest BCUT2D eigenvalue weighted by molar-refractivity contribution is 6.16. The van der Waals surface area contributed by atoms with Crippen LogP contribution in [-0.2, 0) is 4.79 Å². The Labute approximate surface area is 129 Å². The molecular weight excluding hydrogens is 274 g/mol. The van der Waals surface area contributed by atoms with Gasteiger partial charge in [-0.3, -0.25) is 9.79 Å². The van der Waals surface area contributed by atoms with E-state index in [2.05, 4.69) is 15.6 Å². The normalized spacial score (nSPS) is 15.8. The minimum Gasteiger partial charge on any atom is -0.381 e. The van der Waals surface area contributed by atoms with E-state index < -0.39 is 0 Å². The van der Waals surface area contributed by atoms with Gasteiger partial charge in [-0.2, -0.15) is 0 Å². The van der Waals surface area contributed by atoms with Crippen molar-refractivity contribution < 1.29 is 4.79 Å². The van der Waals surface area contributed by atoms with E-state index in [4.69, 9.17) is 0 Å². The van der Waals surface area contributed by atoms with E-state index in [-0.39, 0.29) is 5.91 Å². The van der Waals surface area contributed by atoms with Crippen molar-refractivity contribution in [3.05, 3.63) is 78.0 Å². The summed E-state index contributed by atoms with van der Waals surface area (Å²) in [6.07, 6.45) is 1.57. The largest absolute Gasteiger partial charge is 0.381 e. The fourth-order valence-corrected chi connectivity index (χ4v) is 2.32. The Morgan fingerprint density at radius 3 is 2.45 bits per heavy atom. The lowest BCUT2D eigenvalue weighted by molar-refractivity contribution is -0.111. The predicted octanol–water partition coefficient (Wildman–Crippen LogP) is 2.60. The van der Waals surface area contributed by atoms with Crippen LogP contribution in [0.3, 0.4) is 0 Å². The monoisotopic (exact) mass is 291 g/mol. The smallest absolute Gasteiger partial charge is 0.250 e. The number of nitrogens with zero attached hydrogens (tertiary/aromatic N) is 1. The molecule has 1 heterocycles. The molecular formula is C18H17N3O. The zero-order chi connectivity index (χ0) is 15.2. The van der Waals surface area contributed by atoms with Gasteiger partial charge in [0.2, 0.25) is 0 Å². The highest BCUT2D eigenvalue weighted by atomic mass is 16.1. The highest BCUT2D eigenvalue weighted by Crippen LogP contribution is 2.12. The van der Waals surface area contributed by atoms with Gasteiger partial charge in [-0.15, -0.1) is 0 Å². The van der Waals surface area contributed by atoms with Crippen LogP contribution in [-0.4, -0.2) is 24.7 Å². The maximum Gasteiger partial charge on any atom is 0.250 e. The SMILES string of the molecule is O=C(/C=C1\NCCN=C1c1ccccc1)Nc1ccccc1. The van der Waals surface area contributed by atoms with E-state index in [1.54, 1.807) is 6.08 Å². The second-order valence-corrected chi connectivity index (χ2v) is 4.94. The number of rotatable bonds is 3. The second-order valence-electron chi connectivity index (χ2n) is 4.94. The molecule has 4 nitrogen and oxygen atoms in total. The average molecular weight is 291 g/mol. The topological polar surface area (TPSA) is 53.5 Å². The number of aliphatic imine (C=N–C) groups is 1. The molecule has 0 unspecified atom stereocenters. The molecule has 0 saturated carbocycles. The quantitative estimate of drug-likeness (QED) is 0.854. The van der Waals surface area contributed by atoms with Gasteiger partial charge in [0.1, 0.15) is 0 Å². The lowest BCUT2D eigenvalue weighted by Crippen LogP contribution is -2.30. The summed E-state index contributed by atoms with van der Waals surface area (Å²) in [5, 5.41) is 6.10. The number of hydrogen-bond donors (Lipinski definition) is 2. The van der Waals surface area contributed by atoms with Gasteiger partial charge in [-0.25, -0.2) is 0 Å².